The van der Waals surface area contributed by atoms with E-state index in [9.17, 15) is 14.4 Å². The number of nitrogens with one attached hydrogen (secondary N) is 1. The minimum absolute atomic E-state index is 0.163. The molecule has 7 nitrogen and oxygen atoms in total. The lowest BCUT2D eigenvalue weighted by atomic mass is 10.1. The molecule has 0 aliphatic rings. The molecule has 9 heteroatoms. The molecule has 0 fully saturated rings. The smallest absolute Gasteiger partial charge is 0.341 e. The Labute approximate surface area is 205 Å². The highest BCUT2D eigenvalue weighted by Gasteiger charge is 2.25. The van der Waals surface area contributed by atoms with Crippen LogP contribution < -0.4 is 10.9 Å². The van der Waals surface area contributed by atoms with E-state index in [1.807, 2.05) is 44.2 Å². The van der Waals surface area contributed by atoms with E-state index in [1.165, 1.54) is 29.0 Å². The number of thiophene rings is 2. The second-order valence-electron chi connectivity index (χ2n) is 7.88. The first-order chi connectivity index (χ1) is 16.3. The van der Waals surface area contributed by atoms with Gasteiger partial charge in [-0.15, -0.1) is 22.7 Å². The summed E-state index contributed by atoms with van der Waals surface area (Å²) in [6, 6.07) is 9.94. The summed E-state index contributed by atoms with van der Waals surface area (Å²) in [5, 5.41) is 3.76. The fourth-order valence-corrected chi connectivity index (χ4v) is 5.83. The van der Waals surface area contributed by atoms with Crippen LogP contribution in [-0.4, -0.2) is 28.0 Å². The van der Waals surface area contributed by atoms with Crippen molar-refractivity contribution >= 4 is 49.8 Å². The lowest BCUT2D eigenvalue weighted by Crippen LogP contribution is -2.21. The Bertz CT molecular complexity index is 1430. The van der Waals surface area contributed by atoms with Gasteiger partial charge in [0, 0.05) is 11.4 Å². The minimum Gasteiger partial charge on any atom is -0.462 e. The molecular formula is C25H25N3O4S2. The molecule has 34 heavy (non-hydrogen) atoms. The number of ether oxygens (including phenoxy) is 1. The van der Waals surface area contributed by atoms with Gasteiger partial charge in [0.15, 0.2) is 0 Å². The van der Waals surface area contributed by atoms with E-state index in [2.05, 4.69) is 10.3 Å². The summed E-state index contributed by atoms with van der Waals surface area (Å²) in [7, 11) is 0. The molecule has 0 unspecified atom stereocenters. The number of aryl methyl sites for hydroxylation is 4. The Hall–Kier alpha value is -3.30. The maximum absolute atomic E-state index is 13.2. The molecule has 0 saturated heterocycles. The summed E-state index contributed by atoms with van der Waals surface area (Å²) in [4.78, 5) is 45.1. The molecule has 0 atom stereocenters. The number of hydrogen-bond acceptors (Lipinski definition) is 7. The number of fused-ring (bicyclic) bond motifs is 1. The second kappa shape index (κ2) is 9.90. The number of nitrogens with zero attached hydrogens (tertiary/aromatic N) is 2. The van der Waals surface area contributed by atoms with Gasteiger partial charge in [0.2, 0.25) is 0 Å². The molecule has 1 aromatic carbocycles. The summed E-state index contributed by atoms with van der Waals surface area (Å²) < 4.78 is 6.76. The van der Waals surface area contributed by atoms with E-state index in [1.54, 1.807) is 18.4 Å². The number of carbonyl (C=O) groups excluding carboxylic acids is 2. The standard InChI is InChI=1S/C25H25N3O4S2/c1-5-32-25(31)19-14(2)16(4)33-23(19)27-21(29)20-15(3)18-22(34-20)26-13-28(24(18)30)12-11-17-9-7-6-8-10-17/h6-10,13H,5,11-12H2,1-4H3,(H,27,29). The van der Waals surface area contributed by atoms with Crippen LogP contribution in [0.5, 0.6) is 0 Å². The highest BCUT2D eigenvalue weighted by molar-refractivity contribution is 7.21. The Morgan fingerprint density at radius 1 is 1.09 bits per heavy atom. The summed E-state index contributed by atoms with van der Waals surface area (Å²) in [6.07, 6.45) is 2.24. The van der Waals surface area contributed by atoms with Crippen molar-refractivity contribution in [3.05, 3.63) is 79.0 Å². The van der Waals surface area contributed by atoms with Crippen molar-refractivity contribution in [1.29, 1.82) is 0 Å². The van der Waals surface area contributed by atoms with Gasteiger partial charge in [-0.3, -0.25) is 14.2 Å². The molecule has 3 aromatic heterocycles. The van der Waals surface area contributed by atoms with Gasteiger partial charge in [0.05, 0.1) is 28.8 Å². The molecule has 3 heterocycles. The normalized spacial score (nSPS) is 11.1. The van der Waals surface area contributed by atoms with Crippen molar-refractivity contribution < 1.29 is 14.3 Å². The number of aromatic nitrogens is 2. The molecule has 176 valence electrons. The van der Waals surface area contributed by atoms with Crippen molar-refractivity contribution in [3.8, 4) is 0 Å². The number of anilines is 1. The van der Waals surface area contributed by atoms with Gasteiger partial charge in [0.1, 0.15) is 9.83 Å². The molecule has 4 aromatic rings. The zero-order valence-electron chi connectivity index (χ0n) is 19.4. The minimum atomic E-state index is -0.462. The second-order valence-corrected chi connectivity index (χ2v) is 10.1. The molecule has 0 aliphatic heterocycles. The van der Waals surface area contributed by atoms with Gasteiger partial charge < -0.3 is 10.1 Å². The number of esters is 1. The first-order valence-electron chi connectivity index (χ1n) is 10.9. The molecule has 1 amide bonds. The topological polar surface area (TPSA) is 90.3 Å². The zero-order valence-corrected chi connectivity index (χ0v) is 21.1. The summed E-state index contributed by atoms with van der Waals surface area (Å²) >= 11 is 2.51. The van der Waals surface area contributed by atoms with Crippen LogP contribution in [0.4, 0.5) is 5.00 Å². The van der Waals surface area contributed by atoms with E-state index in [0.717, 1.165) is 16.0 Å². The number of hydrogen-bond donors (Lipinski definition) is 1. The third-order valence-corrected chi connectivity index (χ3v) is 8.02. The largest absolute Gasteiger partial charge is 0.462 e. The third-order valence-electron chi connectivity index (χ3n) is 5.70. The van der Waals surface area contributed by atoms with Crippen molar-refractivity contribution in [1.82, 2.24) is 9.55 Å². The first-order valence-corrected chi connectivity index (χ1v) is 12.6. The molecule has 1 N–H and O–H groups in total. The Morgan fingerprint density at radius 3 is 2.53 bits per heavy atom. The van der Waals surface area contributed by atoms with Crippen LogP contribution in [0.25, 0.3) is 10.2 Å². The van der Waals surface area contributed by atoms with Crippen LogP contribution in [0.3, 0.4) is 0 Å². The molecule has 0 radical (unpaired) electrons. The van der Waals surface area contributed by atoms with Gasteiger partial charge in [-0.2, -0.15) is 0 Å². The highest BCUT2D eigenvalue weighted by atomic mass is 32.1. The maximum Gasteiger partial charge on any atom is 0.341 e. The SMILES string of the molecule is CCOC(=O)c1c(NC(=O)c2sc3ncn(CCc4ccccc4)c(=O)c3c2C)sc(C)c1C. The molecule has 0 aliphatic carbocycles. The fraction of sp³-hybridized carbons (Fsp3) is 0.280. The lowest BCUT2D eigenvalue weighted by molar-refractivity contribution is 0.0527. The lowest BCUT2D eigenvalue weighted by Gasteiger charge is -2.07. The summed E-state index contributed by atoms with van der Waals surface area (Å²) in [5.41, 5.74) is 2.72. The highest BCUT2D eigenvalue weighted by Crippen LogP contribution is 2.35. The molecule has 0 saturated carbocycles. The van der Waals surface area contributed by atoms with Gasteiger partial charge in [-0.25, -0.2) is 9.78 Å². The number of amides is 1. The average Bonchev–Trinajstić information content (AvgIpc) is 3.30. The Morgan fingerprint density at radius 2 is 1.82 bits per heavy atom. The molecule has 4 rings (SSSR count). The Balaban J connectivity index is 1.63. The number of rotatable bonds is 7. The van der Waals surface area contributed by atoms with Gasteiger partial charge in [-0.05, 0) is 50.8 Å². The van der Waals surface area contributed by atoms with Crippen molar-refractivity contribution in [2.75, 3.05) is 11.9 Å². The number of carbonyl (C=O) groups is 2. The van der Waals surface area contributed by atoms with E-state index >= 15 is 0 Å². The van der Waals surface area contributed by atoms with E-state index in [-0.39, 0.29) is 18.1 Å². The van der Waals surface area contributed by atoms with Crippen LogP contribution >= 0.6 is 22.7 Å². The van der Waals surface area contributed by atoms with Crippen LogP contribution in [-0.2, 0) is 17.7 Å². The third kappa shape index (κ3) is 4.53. The monoisotopic (exact) mass is 495 g/mol. The maximum atomic E-state index is 13.2. The average molecular weight is 496 g/mol. The molecule has 0 bridgehead atoms. The zero-order chi connectivity index (χ0) is 24.4. The Kier molecular flexibility index (Phi) is 6.95. The van der Waals surface area contributed by atoms with Crippen molar-refractivity contribution in [3.63, 3.8) is 0 Å². The summed E-state index contributed by atoms with van der Waals surface area (Å²) in [5.74, 6) is -0.835. The molecule has 0 spiro atoms. The van der Waals surface area contributed by atoms with Crippen LogP contribution in [0, 0.1) is 20.8 Å². The van der Waals surface area contributed by atoms with Gasteiger partial charge in [-0.1, -0.05) is 30.3 Å². The van der Waals surface area contributed by atoms with Crippen LogP contribution in [0.2, 0.25) is 0 Å². The fourth-order valence-electron chi connectivity index (χ4n) is 3.75. The number of benzene rings is 1. The van der Waals surface area contributed by atoms with Gasteiger partial charge >= 0.3 is 5.97 Å². The predicted molar refractivity (Wildman–Crippen MR) is 136 cm³/mol. The predicted octanol–water partition coefficient (Wildman–Crippen LogP) is 5.12. The summed E-state index contributed by atoms with van der Waals surface area (Å²) in [6.45, 7) is 7.98. The molecular weight excluding hydrogens is 470 g/mol. The van der Waals surface area contributed by atoms with Gasteiger partial charge in [0.25, 0.3) is 11.5 Å². The van der Waals surface area contributed by atoms with Crippen molar-refractivity contribution in [2.24, 2.45) is 0 Å². The van der Waals surface area contributed by atoms with E-state index < -0.39 is 5.97 Å². The quantitative estimate of drug-likeness (QED) is 0.360. The van der Waals surface area contributed by atoms with E-state index in [4.69, 9.17) is 4.74 Å². The van der Waals surface area contributed by atoms with Crippen molar-refractivity contribution in [2.45, 2.75) is 40.7 Å². The van der Waals surface area contributed by atoms with Crippen LogP contribution in [0.15, 0.2) is 41.5 Å². The first kappa shape index (κ1) is 23.8. The van der Waals surface area contributed by atoms with Crippen LogP contribution in [0.1, 0.15) is 48.5 Å². The van der Waals surface area contributed by atoms with E-state index in [0.29, 0.717) is 44.2 Å².